The molecule has 1 saturated heterocycles. The molecule has 0 saturated carbocycles. The molecule has 4 nitrogen and oxygen atoms in total. The van der Waals surface area contributed by atoms with Crippen molar-refractivity contribution in [2.24, 2.45) is 5.92 Å². The van der Waals surface area contributed by atoms with E-state index in [1.54, 1.807) is 0 Å². The van der Waals surface area contributed by atoms with E-state index in [4.69, 9.17) is 0 Å². The molecule has 2 atom stereocenters. The quantitative estimate of drug-likeness (QED) is 0.892. The second kappa shape index (κ2) is 4.53. The second-order valence-corrected chi connectivity index (χ2v) is 7.49. The van der Waals surface area contributed by atoms with Crippen molar-refractivity contribution in [1.29, 1.82) is 0 Å². The first kappa shape index (κ1) is 12.5. The average Bonchev–Trinajstić information content (AvgIpc) is 2.94. The lowest BCUT2D eigenvalue weighted by Crippen LogP contribution is -2.38. The van der Waals surface area contributed by atoms with Crippen molar-refractivity contribution >= 4 is 11.8 Å². The number of thioether (sulfide) groups is 1. The minimum Gasteiger partial charge on any atom is -0.311 e. The second-order valence-electron chi connectivity index (χ2n) is 5.89. The van der Waals surface area contributed by atoms with Crippen LogP contribution in [0.1, 0.15) is 51.3 Å². The first-order valence-corrected chi connectivity index (χ1v) is 7.91. The molecule has 0 bridgehead atoms. The monoisotopic (exact) mass is 266 g/mol. The summed E-state index contributed by atoms with van der Waals surface area (Å²) >= 11 is 2.04. The van der Waals surface area contributed by atoms with Gasteiger partial charge in [0.15, 0.2) is 5.82 Å². The van der Waals surface area contributed by atoms with Gasteiger partial charge in [0.2, 0.25) is 0 Å². The van der Waals surface area contributed by atoms with Crippen LogP contribution in [0.5, 0.6) is 0 Å². The highest BCUT2D eigenvalue weighted by molar-refractivity contribution is 8.00. The van der Waals surface area contributed by atoms with Crippen LogP contribution in [0.2, 0.25) is 0 Å². The number of nitrogens with zero attached hydrogens (tertiary/aromatic N) is 3. The Hall–Kier alpha value is -0.550. The zero-order valence-corrected chi connectivity index (χ0v) is 12.3. The van der Waals surface area contributed by atoms with Crippen LogP contribution in [0.4, 0.5) is 0 Å². The Morgan fingerprint density at radius 1 is 1.44 bits per heavy atom. The Balaban J connectivity index is 1.99. The van der Waals surface area contributed by atoms with Crippen molar-refractivity contribution in [3.8, 4) is 0 Å². The molecule has 3 heterocycles. The summed E-state index contributed by atoms with van der Waals surface area (Å²) in [7, 11) is 0. The molecule has 0 aromatic carbocycles. The molecule has 100 valence electrons. The van der Waals surface area contributed by atoms with Crippen LogP contribution in [-0.4, -0.2) is 27.1 Å². The zero-order valence-electron chi connectivity index (χ0n) is 11.4. The summed E-state index contributed by atoms with van der Waals surface area (Å²) in [6, 6.07) is 0.356. The highest BCUT2D eigenvalue weighted by Crippen LogP contribution is 2.46. The molecule has 0 aliphatic carbocycles. The first-order chi connectivity index (χ1) is 8.62. The van der Waals surface area contributed by atoms with E-state index in [-0.39, 0.29) is 4.75 Å². The first-order valence-electron chi connectivity index (χ1n) is 6.93. The third-order valence-electron chi connectivity index (χ3n) is 4.12. The lowest BCUT2D eigenvalue weighted by Gasteiger charge is -2.30. The number of rotatable bonds is 2. The maximum atomic E-state index is 4.54. The highest BCUT2D eigenvalue weighted by atomic mass is 32.2. The van der Waals surface area contributed by atoms with Gasteiger partial charge in [0.25, 0.3) is 0 Å². The lowest BCUT2D eigenvalue weighted by molar-refractivity contribution is 0.331. The summed E-state index contributed by atoms with van der Waals surface area (Å²) in [5.41, 5.74) is 0. The van der Waals surface area contributed by atoms with Gasteiger partial charge in [0.05, 0.1) is 10.8 Å². The summed E-state index contributed by atoms with van der Waals surface area (Å²) in [4.78, 5) is 0. The Morgan fingerprint density at radius 3 is 2.94 bits per heavy atom. The Labute approximate surface area is 113 Å². The fourth-order valence-electron chi connectivity index (χ4n) is 3.07. The molecule has 0 amide bonds. The molecule has 2 aliphatic rings. The van der Waals surface area contributed by atoms with Crippen molar-refractivity contribution in [3.05, 3.63) is 11.6 Å². The van der Waals surface area contributed by atoms with Gasteiger partial charge in [-0.2, -0.15) is 0 Å². The maximum absolute atomic E-state index is 4.54. The molecule has 5 heteroatoms. The smallest absolute Gasteiger partial charge is 0.150 e. The molecular weight excluding hydrogens is 244 g/mol. The summed E-state index contributed by atoms with van der Waals surface area (Å²) in [5, 5.41) is 12.6. The van der Waals surface area contributed by atoms with E-state index in [1.807, 2.05) is 11.8 Å². The van der Waals surface area contributed by atoms with E-state index < -0.39 is 0 Å². The summed E-state index contributed by atoms with van der Waals surface area (Å²) in [6.07, 6.45) is 2.53. The summed E-state index contributed by atoms with van der Waals surface area (Å²) in [6.45, 7) is 8.86. The minimum atomic E-state index is 0.185. The summed E-state index contributed by atoms with van der Waals surface area (Å²) < 4.78 is 2.56. The third kappa shape index (κ3) is 1.88. The van der Waals surface area contributed by atoms with Crippen LogP contribution in [0.25, 0.3) is 0 Å². The molecule has 1 aromatic rings. The van der Waals surface area contributed by atoms with Gasteiger partial charge in [-0.1, -0.05) is 13.8 Å². The van der Waals surface area contributed by atoms with Crippen LogP contribution >= 0.6 is 11.8 Å². The fourth-order valence-corrected chi connectivity index (χ4v) is 4.38. The third-order valence-corrected chi connectivity index (χ3v) is 5.63. The lowest BCUT2D eigenvalue weighted by atomic mass is 10.0. The van der Waals surface area contributed by atoms with Crippen molar-refractivity contribution in [2.45, 2.75) is 50.9 Å². The van der Waals surface area contributed by atoms with E-state index in [1.165, 1.54) is 24.4 Å². The van der Waals surface area contributed by atoms with Crippen molar-refractivity contribution in [1.82, 2.24) is 20.1 Å². The molecule has 0 radical (unpaired) electrons. The molecule has 1 fully saturated rings. The van der Waals surface area contributed by atoms with E-state index >= 15 is 0 Å². The van der Waals surface area contributed by atoms with Gasteiger partial charge in [0, 0.05) is 13.1 Å². The Morgan fingerprint density at radius 2 is 2.28 bits per heavy atom. The number of fused-ring (bicyclic) bond motifs is 1. The van der Waals surface area contributed by atoms with Crippen LogP contribution in [0.3, 0.4) is 0 Å². The molecule has 0 spiro atoms. The summed E-state index contributed by atoms with van der Waals surface area (Å²) in [5.74, 6) is 4.15. The SMILES string of the molecule is CC(C)C1NCCn2c1nnc2C1(C)CCCS1. The molecule has 1 aromatic heterocycles. The van der Waals surface area contributed by atoms with Gasteiger partial charge >= 0.3 is 0 Å². The predicted octanol–water partition coefficient (Wildman–Crippen LogP) is 2.32. The molecule has 2 aliphatic heterocycles. The number of aromatic nitrogens is 3. The van der Waals surface area contributed by atoms with Crippen molar-refractivity contribution in [2.75, 3.05) is 12.3 Å². The Kier molecular flexibility index (Phi) is 3.14. The van der Waals surface area contributed by atoms with E-state index in [2.05, 4.69) is 40.9 Å². The topological polar surface area (TPSA) is 42.7 Å². The zero-order chi connectivity index (χ0) is 12.8. The van der Waals surface area contributed by atoms with E-state index in [0.29, 0.717) is 12.0 Å². The normalized spacial score (nSPS) is 31.9. The van der Waals surface area contributed by atoms with Crippen LogP contribution in [0.15, 0.2) is 0 Å². The minimum absolute atomic E-state index is 0.185. The van der Waals surface area contributed by atoms with Gasteiger partial charge in [-0.15, -0.1) is 22.0 Å². The largest absolute Gasteiger partial charge is 0.311 e. The average molecular weight is 266 g/mol. The van der Waals surface area contributed by atoms with E-state index in [9.17, 15) is 0 Å². The van der Waals surface area contributed by atoms with Gasteiger partial charge in [0.1, 0.15) is 5.82 Å². The van der Waals surface area contributed by atoms with E-state index in [0.717, 1.165) is 18.9 Å². The molecule has 18 heavy (non-hydrogen) atoms. The predicted molar refractivity (Wildman–Crippen MR) is 74.6 cm³/mol. The van der Waals surface area contributed by atoms with Gasteiger partial charge in [-0.05, 0) is 31.4 Å². The van der Waals surface area contributed by atoms with Crippen LogP contribution < -0.4 is 5.32 Å². The molecule has 1 N–H and O–H groups in total. The van der Waals surface area contributed by atoms with Gasteiger partial charge in [-0.3, -0.25) is 0 Å². The van der Waals surface area contributed by atoms with Crippen LogP contribution in [-0.2, 0) is 11.3 Å². The maximum Gasteiger partial charge on any atom is 0.150 e. The standard InChI is InChI=1S/C13H22N4S/c1-9(2)10-11-15-16-12(17(11)7-6-14-10)13(3)5-4-8-18-13/h9-10,14H,4-8H2,1-3H3. The fraction of sp³-hybridized carbons (Fsp3) is 0.846. The van der Waals surface area contributed by atoms with Crippen LogP contribution in [0, 0.1) is 5.92 Å². The highest BCUT2D eigenvalue weighted by Gasteiger charge is 2.39. The van der Waals surface area contributed by atoms with Gasteiger partial charge < -0.3 is 9.88 Å². The molecular formula is C13H22N4S. The van der Waals surface area contributed by atoms with Crippen molar-refractivity contribution in [3.63, 3.8) is 0 Å². The number of hydrogen-bond acceptors (Lipinski definition) is 4. The number of nitrogens with one attached hydrogen (secondary N) is 1. The van der Waals surface area contributed by atoms with Crippen molar-refractivity contribution < 1.29 is 0 Å². The molecule has 3 rings (SSSR count). The van der Waals surface area contributed by atoms with Gasteiger partial charge in [-0.25, -0.2) is 0 Å². The number of hydrogen-bond donors (Lipinski definition) is 1. The Bertz CT molecular complexity index is 434. The molecule has 2 unspecified atom stereocenters.